The number of esters is 4. The summed E-state index contributed by atoms with van der Waals surface area (Å²) in [4.78, 5) is 73.1. The van der Waals surface area contributed by atoms with Gasteiger partial charge in [-0.1, -0.05) is 394 Å². The van der Waals surface area contributed by atoms with Crippen LogP contribution in [0.15, 0.2) is 0 Å². The van der Waals surface area contributed by atoms with Gasteiger partial charge in [0.1, 0.15) is 19.3 Å². The van der Waals surface area contributed by atoms with E-state index in [1.165, 1.54) is 270 Å². The average Bonchev–Trinajstić information content (AvgIpc) is 0.914. The van der Waals surface area contributed by atoms with Gasteiger partial charge in [0, 0.05) is 25.7 Å². The van der Waals surface area contributed by atoms with Crippen LogP contribution in [0, 0.1) is 5.92 Å². The summed E-state index contributed by atoms with van der Waals surface area (Å²) in [5.74, 6) is -1.28. The molecule has 0 aliphatic rings. The highest BCUT2D eigenvalue weighted by Crippen LogP contribution is 2.45. The molecule has 606 valence electrons. The van der Waals surface area contributed by atoms with E-state index in [9.17, 15) is 43.2 Å². The van der Waals surface area contributed by atoms with E-state index in [0.717, 1.165) is 95.8 Å². The molecule has 0 aromatic rings. The molecular formula is C83H162O17P2. The van der Waals surface area contributed by atoms with Gasteiger partial charge in [0.2, 0.25) is 0 Å². The van der Waals surface area contributed by atoms with Crippen molar-refractivity contribution >= 4 is 39.5 Å². The van der Waals surface area contributed by atoms with Gasteiger partial charge in [-0.15, -0.1) is 0 Å². The first-order valence-electron chi connectivity index (χ1n) is 43.1. The van der Waals surface area contributed by atoms with Crippen molar-refractivity contribution in [1.82, 2.24) is 0 Å². The SMILES string of the molecule is CCCCCCCCCCCCCCCCCCC(=O)OC[C@H](COP(=O)(O)OC[C@@H](O)COP(=O)(O)OC[C@@H](COC(=O)CCCCCCCCCCCCCC)OC(=O)CCCCCCCCCCCCCCC)OC(=O)CCCCCCCCCCCCCCCCCCCCC(C)C. The molecule has 0 spiro atoms. The minimum absolute atomic E-state index is 0.108. The zero-order chi connectivity index (χ0) is 74.8. The van der Waals surface area contributed by atoms with E-state index >= 15 is 0 Å². The van der Waals surface area contributed by atoms with Gasteiger partial charge in [0.25, 0.3) is 0 Å². The number of rotatable bonds is 83. The van der Waals surface area contributed by atoms with Gasteiger partial charge < -0.3 is 33.8 Å². The van der Waals surface area contributed by atoms with Crippen LogP contribution in [0.4, 0.5) is 0 Å². The lowest BCUT2D eigenvalue weighted by molar-refractivity contribution is -0.161. The molecule has 19 heteroatoms. The Morgan fingerprint density at radius 2 is 0.451 bits per heavy atom. The van der Waals surface area contributed by atoms with Gasteiger partial charge in [-0.25, -0.2) is 9.13 Å². The Hall–Kier alpha value is -1.94. The average molecular weight is 1490 g/mol. The Balaban J connectivity index is 5.23. The summed E-state index contributed by atoms with van der Waals surface area (Å²) in [5.41, 5.74) is 0. The summed E-state index contributed by atoms with van der Waals surface area (Å²) in [6.45, 7) is 7.39. The molecule has 0 saturated carbocycles. The van der Waals surface area contributed by atoms with Crippen LogP contribution in [0.5, 0.6) is 0 Å². The molecule has 0 aliphatic heterocycles. The third kappa shape index (κ3) is 76.3. The van der Waals surface area contributed by atoms with Crippen molar-refractivity contribution in [1.29, 1.82) is 0 Å². The Kier molecular flexibility index (Phi) is 74.4. The monoisotopic (exact) mass is 1490 g/mol. The molecule has 17 nitrogen and oxygen atoms in total. The van der Waals surface area contributed by atoms with Crippen LogP contribution >= 0.6 is 15.6 Å². The summed E-state index contributed by atoms with van der Waals surface area (Å²) in [5, 5.41) is 10.7. The number of aliphatic hydroxyl groups excluding tert-OH is 1. The maximum atomic E-state index is 13.1. The fourth-order valence-corrected chi connectivity index (χ4v) is 14.5. The fraction of sp³-hybridized carbons (Fsp3) is 0.952. The lowest BCUT2D eigenvalue weighted by Gasteiger charge is -2.21. The molecule has 0 radical (unpaired) electrons. The minimum atomic E-state index is -4.96. The molecule has 0 heterocycles. The highest BCUT2D eigenvalue weighted by molar-refractivity contribution is 7.47. The quantitative estimate of drug-likeness (QED) is 0.0222. The number of hydrogen-bond acceptors (Lipinski definition) is 15. The maximum absolute atomic E-state index is 13.1. The van der Waals surface area contributed by atoms with Gasteiger partial charge in [-0.2, -0.15) is 0 Å². The van der Waals surface area contributed by atoms with Crippen LogP contribution in [0.2, 0.25) is 0 Å². The number of hydrogen-bond donors (Lipinski definition) is 3. The largest absolute Gasteiger partial charge is 0.472 e. The van der Waals surface area contributed by atoms with E-state index in [2.05, 4.69) is 34.6 Å². The van der Waals surface area contributed by atoms with Crippen LogP contribution in [0.3, 0.4) is 0 Å². The number of ether oxygens (including phenoxy) is 4. The van der Waals surface area contributed by atoms with E-state index < -0.39 is 97.5 Å². The van der Waals surface area contributed by atoms with Crippen molar-refractivity contribution in [2.75, 3.05) is 39.6 Å². The van der Waals surface area contributed by atoms with Crippen LogP contribution < -0.4 is 0 Å². The first kappa shape index (κ1) is 100. The molecule has 0 aromatic carbocycles. The molecule has 0 fully saturated rings. The van der Waals surface area contributed by atoms with Crippen molar-refractivity contribution < 1.29 is 80.2 Å². The minimum Gasteiger partial charge on any atom is -0.462 e. The predicted octanol–water partition coefficient (Wildman–Crippen LogP) is 25.2. The highest BCUT2D eigenvalue weighted by atomic mass is 31.2. The van der Waals surface area contributed by atoms with E-state index in [4.69, 9.17) is 37.0 Å². The first-order chi connectivity index (χ1) is 49.5. The molecule has 0 aromatic heterocycles. The number of carbonyl (C=O) groups is 4. The molecule has 0 aliphatic carbocycles. The second kappa shape index (κ2) is 75.9. The molecule has 0 saturated heterocycles. The topological polar surface area (TPSA) is 237 Å². The third-order valence-corrected chi connectivity index (χ3v) is 21.4. The lowest BCUT2D eigenvalue weighted by Crippen LogP contribution is -2.30. The van der Waals surface area contributed by atoms with Crippen LogP contribution in [0.25, 0.3) is 0 Å². The standard InChI is InChI=1S/C83H162O17P2/c1-6-9-12-15-18-21-24-27-28-34-38-42-47-52-57-62-67-81(86)94-73-79(100-83(88)69-64-59-54-49-44-39-35-32-30-29-31-33-37-40-45-50-55-60-65-76(4)5)75-98-102(91,92)96-71-77(84)70-95-101(89,90)97-74-78(72-93-80(85)66-61-56-51-46-41-26-23-20-17-14-11-8-3)99-82(87)68-63-58-53-48-43-36-25-22-19-16-13-10-7-2/h76-79,84H,6-75H2,1-5H3,(H,89,90)(H,91,92)/t77-,78+,79+/m0/s1. The number of phosphoric acid groups is 2. The van der Waals surface area contributed by atoms with Crippen LogP contribution in [-0.2, 0) is 65.4 Å². The molecule has 0 bridgehead atoms. The first-order valence-corrected chi connectivity index (χ1v) is 46.1. The summed E-state index contributed by atoms with van der Waals surface area (Å²) in [7, 11) is -9.92. The molecule has 0 amide bonds. The Morgan fingerprint density at radius 1 is 0.265 bits per heavy atom. The maximum Gasteiger partial charge on any atom is 0.472 e. The van der Waals surface area contributed by atoms with Gasteiger partial charge >= 0.3 is 39.5 Å². The molecule has 2 unspecified atom stereocenters. The van der Waals surface area contributed by atoms with Gasteiger partial charge in [-0.3, -0.25) is 37.3 Å². The third-order valence-electron chi connectivity index (χ3n) is 19.5. The summed E-state index contributed by atoms with van der Waals surface area (Å²) in [6.07, 6.45) is 67.9. The van der Waals surface area contributed by atoms with E-state index in [0.29, 0.717) is 25.7 Å². The van der Waals surface area contributed by atoms with Gasteiger partial charge in [-0.05, 0) is 31.6 Å². The van der Waals surface area contributed by atoms with Crippen molar-refractivity contribution in [3.8, 4) is 0 Å². The van der Waals surface area contributed by atoms with Crippen molar-refractivity contribution in [3.63, 3.8) is 0 Å². The lowest BCUT2D eigenvalue weighted by atomic mass is 10.0. The smallest absolute Gasteiger partial charge is 0.462 e. The summed E-state index contributed by atoms with van der Waals surface area (Å²) < 4.78 is 68.8. The van der Waals surface area contributed by atoms with Crippen molar-refractivity contribution in [3.05, 3.63) is 0 Å². The zero-order valence-electron chi connectivity index (χ0n) is 66.8. The molecule has 3 N–H and O–H groups in total. The Morgan fingerprint density at radius 3 is 0.667 bits per heavy atom. The van der Waals surface area contributed by atoms with E-state index in [-0.39, 0.29) is 25.7 Å². The fourth-order valence-electron chi connectivity index (χ4n) is 12.9. The van der Waals surface area contributed by atoms with E-state index in [1.807, 2.05) is 0 Å². The number of unbranched alkanes of at least 4 members (excludes halogenated alkanes) is 55. The Bertz CT molecular complexity index is 1940. The second-order valence-corrected chi connectivity index (χ2v) is 33.3. The van der Waals surface area contributed by atoms with Crippen LogP contribution in [-0.4, -0.2) is 96.7 Å². The van der Waals surface area contributed by atoms with Gasteiger partial charge in [0.15, 0.2) is 12.2 Å². The zero-order valence-corrected chi connectivity index (χ0v) is 68.5. The molecule has 102 heavy (non-hydrogen) atoms. The number of aliphatic hydroxyl groups is 1. The normalized spacial score (nSPS) is 13.8. The van der Waals surface area contributed by atoms with Crippen molar-refractivity contribution in [2.45, 2.75) is 464 Å². The van der Waals surface area contributed by atoms with Gasteiger partial charge in [0.05, 0.1) is 26.4 Å². The highest BCUT2D eigenvalue weighted by Gasteiger charge is 2.30. The molecule has 0 rings (SSSR count). The Labute approximate surface area is 626 Å². The summed E-state index contributed by atoms with van der Waals surface area (Å²) >= 11 is 0. The predicted molar refractivity (Wildman–Crippen MR) is 418 cm³/mol. The molecular weight excluding hydrogens is 1330 g/mol. The number of carbonyl (C=O) groups excluding carboxylic acids is 4. The number of phosphoric ester groups is 2. The summed E-state index contributed by atoms with van der Waals surface area (Å²) in [6, 6.07) is 0. The molecule has 5 atom stereocenters. The van der Waals surface area contributed by atoms with Crippen molar-refractivity contribution in [2.24, 2.45) is 5.92 Å². The van der Waals surface area contributed by atoms with Crippen LogP contribution in [0.1, 0.15) is 446 Å². The second-order valence-electron chi connectivity index (χ2n) is 30.3. The van der Waals surface area contributed by atoms with E-state index in [1.54, 1.807) is 0 Å².